The predicted octanol–water partition coefficient (Wildman–Crippen LogP) is 3.60. The Morgan fingerprint density at radius 1 is 1.11 bits per heavy atom. The van der Waals surface area contributed by atoms with Gasteiger partial charge < -0.3 is 10.1 Å². The largest absolute Gasteiger partial charge is 0.416 e. The van der Waals surface area contributed by atoms with Crippen molar-refractivity contribution in [1.29, 1.82) is 0 Å². The second kappa shape index (κ2) is 9.06. The number of piperidine rings is 1. The first-order valence-corrected chi connectivity index (χ1v) is 9.66. The van der Waals surface area contributed by atoms with Crippen LogP contribution < -0.4 is 5.32 Å². The van der Waals surface area contributed by atoms with Gasteiger partial charge in [-0.2, -0.15) is 13.2 Å². The molecule has 2 fully saturated rings. The monoisotopic (exact) mass is 384 g/mol. The molecule has 2 heterocycles. The third-order valence-corrected chi connectivity index (χ3v) is 5.48. The van der Waals surface area contributed by atoms with Gasteiger partial charge >= 0.3 is 6.18 Å². The van der Waals surface area contributed by atoms with E-state index in [9.17, 15) is 18.0 Å². The first-order valence-electron chi connectivity index (χ1n) is 9.66. The van der Waals surface area contributed by atoms with Crippen LogP contribution in [0, 0.1) is 5.92 Å². The lowest BCUT2D eigenvalue weighted by Gasteiger charge is -2.32. The van der Waals surface area contributed by atoms with E-state index in [1.54, 1.807) is 12.1 Å². The first-order chi connectivity index (χ1) is 12.9. The summed E-state index contributed by atoms with van der Waals surface area (Å²) in [6, 6.07) is 5.98. The number of hydrogen-bond acceptors (Lipinski definition) is 3. The lowest BCUT2D eigenvalue weighted by Crippen LogP contribution is -2.41. The number of likely N-dealkylation sites (tertiary alicyclic amines) is 1. The minimum atomic E-state index is -4.32. The molecule has 0 bridgehead atoms. The number of nitrogens with zero attached hydrogens (tertiary/aromatic N) is 1. The normalized spacial score (nSPS) is 20.6. The second-order valence-electron chi connectivity index (χ2n) is 7.53. The molecule has 0 unspecified atom stereocenters. The molecule has 1 aromatic carbocycles. The molecule has 0 radical (unpaired) electrons. The van der Waals surface area contributed by atoms with Crippen LogP contribution in [0.5, 0.6) is 0 Å². The molecule has 150 valence electrons. The van der Waals surface area contributed by atoms with Gasteiger partial charge in [-0.3, -0.25) is 9.69 Å². The van der Waals surface area contributed by atoms with E-state index in [0.29, 0.717) is 37.7 Å². The predicted molar refractivity (Wildman–Crippen MR) is 96.0 cm³/mol. The minimum absolute atomic E-state index is 0.0859. The van der Waals surface area contributed by atoms with Crippen molar-refractivity contribution in [1.82, 2.24) is 10.2 Å². The molecule has 1 aromatic rings. The van der Waals surface area contributed by atoms with Crippen molar-refractivity contribution in [2.75, 3.05) is 26.3 Å². The summed E-state index contributed by atoms with van der Waals surface area (Å²) in [4.78, 5) is 14.3. The average molecular weight is 384 g/mol. The number of carbonyl (C=O) groups excluding carboxylic acids is 1. The van der Waals surface area contributed by atoms with Crippen molar-refractivity contribution < 1.29 is 22.7 Å². The van der Waals surface area contributed by atoms with Crippen molar-refractivity contribution in [2.45, 2.75) is 50.9 Å². The molecule has 0 aliphatic carbocycles. The molecule has 0 spiro atoms. The Kier molecular flexibility index (Phi) is 6.76. The summed E-state index contributed by atoms with van der Waals surface area (Å²) in [5, 5.41) is 3.08. The van der Waals surface area contributed by atoms with Crippen LogP contribution in [0.15, 0.2) is 24.3 Å². The average Bonchev–Trinajstić information content (AvgIpc) is 2.64. The van der Waals surface area contributed by atoms with Gasteiger partial charge in [0, 0.05) is 32.2 Å². The van der Waals surface area contributed by atoms with E-state index >= 15 is 0 Å². The van der Waals surface area contributed by atoms with E-state index in [4.69, 9.17) is 4.74 Å². The van der Waals surface area contributed by atoms with Crippen LogP contribution in [0.1, 0.15) is 43.2 Å². The molecule has 2 saturated heterocycles. The molecular formula is C20H27F3N2O2. The zero-order valence-electron chi connectivity index (χ0n) is 15.4. The van der Waals surface area contributed by atoms with E-state index < -0.39 is 11.7 Å². The highest BCUT2D eigenvalue weighted by molar-refractivity contribution is 5.76. The van der Waals surface area contributed by atoms with E-state index in [0.717, 1.165) is 44.8 Å². The van der Waals surface area contributed by atoms with Crippen molar-refractivity contribution in [3.05, 3.63) is 35.4 Å². The maximum Gasteiger partial charge on any atom is 0.416 e. The van der Waals surface area contributed by atoms with Gasteiger partial charge in [0.05, 0.1) is 5.56 Å². The van der Waals surface area contributed by atoms with Gasteiger partial charge in [0.15, 0.2) is 0 Å². The Hall–Kier alpha value is -1.60. The number of benzene rings is 1. The van der Waals surface area contributed by atoms with Gasteiger partial charge in [-0.05, 0) is 56.3 Å². The highest BCUT2D eigenvalue weighted by Crippen LogP contribution is 2.33. The maximum atomic E-state index is 13.1. The Morgan fingerprint density at radius 2 is 1.78 bits per heavy atom. The highest BCUT2D eigenvalue weighted by atomic mass is 19.4. The van der Waals surface area contributed by atoms with Crippen molar-refractivity contribution in [3.8, 4) is 0 Å². The Balaban J connectivity index is 1.45. The molecule has 2 aliphatic rings. The molecule has 3 rings (SSSR count). The van der Waals surface area contributed by atoms with E-state index in [1.165, 1.54) is 6.07 Å². The van der Waals surface area contributed by atoms with Gasteiger partial charge in [-0.15, -0.1) is 0 Å². The topological polar surface area (TPSA) is 41.6 Å². The minimum Gasteiger partial charge on any atom is -0.381 e. The number of ether oxygens (including phenoxy) is 1. The number of nitrogens with one attached hydrogen (secondary N) is 1. The molecule has 4 nitrogen and oxygen atoms in total. The van der Waals surface area contributed by atoms with Crippen molar-refractivity contribution >= 4 is 5.91 Å². The third-order valence-electron chi connectivity index (χ3n) is 5.48. The van der Waals surface area contributed by atoms with E-state index in [-0.39, 0.29) is 11.9 Å². The quantitative estimate of drug-likeness (QED) is 0.843. The number of hydrogen-bond donors (Lipinski definition) is 1. The summed E-state index contributed by atoms with van der Waals surface area (Å²) in [6.45, 7) is 3.14. The number of amides is 1. The van der Waals surface area contributed by atoms with Crippen molar-refractivity contribution in [3.63, 3.8) is 0 Å². The highest BCUT2D eigenvalue weighted by Gasteiger charge is 2.33. The summed E-state index contributed by atoms with van der Waals surface area (Å²) in [7, 11) is 0. The van der Waals surface area contributed by atoms with Crippen LogP contribution in [0.25, 0.3) is 0 Å². The third kappa shape index (κ3) is 5.94. The van der Waals surface area contributed by atoms with Crippen LogP contribution in [0.3, 0.4) is 0 Å². The lowest BCUT2D eigenvalue weighted by molar-refractivity contribution is -0.138. The second-order valence-corrected chi connectivity index (χ2v) is 7.53. The molecular weight excluding hydrogens is 357 g/mol. The van der Waals surface area contributed by atoms with Gasteiger partial charge in [0.25, 0.3) is 0 Å². The summed E-state index contributed by atoms with van der Waals surface area (Å²) in [5.41, 5.74) is -0.233. The molecule has 7 heteroatoms. The first kappa shape index (κ1) is 20.1. The summed E-state index contributed by atoms with van der Waals surface area (Å²) < 4.78 is 44.7. The number of halogens is 3. The summed E-state index contributed by atoms with van der Waals surface area (Å²) in [6.07, 6.45) is -0.405. The van der Waals surface area contributed by atoms with Gasteiger partial charge in [-0.25, -0.2) is 0 Å². The summed E-state index contributed by atoms with van der Waals surface area (Å²) >= 11 is 0. The Labute approximate surface area is 158 Å². The number of carbonyl (C=O) groups is 1. The van der Waals surface area contributed by atoms with Crippen LogP contribution in [-0.2, 0) is 22.3 Å². The van der Waals surface area contributed by atoms with Crippen LogP contribution >= 0.6 is 0 Å². The number of alkyl halides is 3. The van der Waals surface area contributed by atoms with Gasteiger partial charge in [0.1, 0.15) is 0 Å². The zero-order chi connectivity index (χ0) is 19.3. The molecule has 2 aliphatic heterocycles. The fourth-order valence-electron chi connectivity index (χ4n) is 3.92. The molecule has 1 amide bonds. The Morgan fingerprint density at radius 3 is 2.44 bits per heavy atom. The van der Waals surface area contributed by atoms with Crippen LogP contribution in [0.4, 0.5) is 13.2 Å². The number of rotatable bonds is 5. The van der Waals surface area contributed by atoms with Crippen molar-refractivity contribution in [2.24, 2.45) is 5.92 Å². The molecule has 0 aromatic heterocycles. The molecule has 27 heavy (non-hydrogen) atoms. The van der Waals surface area contributed by atoms with Crippen LogP contribution in [0.2, 0.25) is 0 Å². The van der Waals surface area contributed by atoms with Crippen LogP contribution in [-0.4, -0.2) is 43.2 Å². The standard InChI is InChI=1S/C20H27F3N2O2/c21-20(22,23)18-4-2-1-3-16(18)14-25-9-5-15(6-10-25)13-19(26)24-17-7-11-27-12-8-17/h1-4,15,17H,5-14H2,(H,24,26). The van der Waals surface area contributed by atoms with E-state index in [1.807, 2.05) is 0 Å². The molecule has 0 atom stereocenters. The zero-order valence-corrected chi connectivity index (χ0v) is 15.4. The Bertz CT molecular complexity index is 622. The molecule has 0 saturated carbocycles. The van der Waals surface area contributed by atoms with Gasteiger partial charge in [0.2, 0.25) is 5.91 Å². The van der Waals surface area contributed by atoms with Gasteiger partial charge in [-0.1, -0.05) is 18.2 Å². The fraction of sp³-hybridized carbons (Fsp3) is 0.650. The summed E-state index contributed by atoms with van der Waals surface area (Å²) in [5.74, 6) is 0.390. The smallest absolute Gasteiger partial charge is 0.381 e. The lowest BCUT2D eigenvalue weighted by atomic mass is 9.92. The SMILES string of the molecule is O=C(CC1CCN(Cc2ccccc2C(F)(F)F)CC1)NC1CCOCC1. The fourth-order valence-corrected chi connectivity index (χ4v) is 3.92. The molecule has 1 N–H and O–H groups in total. The maximum absolute atomic E-state index is 13.1. The van der Waals surface area contributed by atoms with E-state index in [2.05, 4.69) is 10.2 Å².